The summed E-state index contributed by atoms with van der Waals surface area (Å²) < 4.78 is 28.0. The van der Waals surface area contributed by atoms with Crippen molar-refractivity contribution >= 4 is 22.5 Å². The Kier molecular flexibility index (Phi) is 3.77. The van der Waals surface area contributed by atoms with Crippen LogP contribution in [0.3, 0.4) is 0 Å². The van der Waals surface area contributed by atoms with Crippen LogP contribution in [0.2, 0.25) is 0 Å². The van der Waals surface area contributed by atoms with E-state index in [9.17, 15) is 13.6 Å². The second-order valence-corrected chi connectivity index (χ2v) is 4.97. The summed E-state index contributed by atoms with van der Waals surface area (Å²) in [6.07, 6.45) is 1.57. The molecule has 0 saturated heterocycles. The van der Waals surface area contributed by atoms with Crippen molar-refractivity contribution in [1.82, 2.24) is 4.57 Å². The molecule has 0 spiro atoms. The van der Waals surface area contributed by atoms with Crippen LogP contribution < -0.4 is 5.32 Å². The summed E-state index contributed by atoms with van der Waals surface area (Å²) in [5.74, 6) is -2.02. The first-order valence-electron chi connectivity index (χ1n) is 6.81. The fourth-order valence-electron chi connectivity index (χ4n) is 2.40. The number of rotatable bonds is 3. The summed E-state index contributed by atoms with van der Waals surface area (Å²) in [6.45, 7) is -0.0843. The molecule has 1 heterocycles. The van der Waals surface area contributed by atoms with E-state index in [4.69, 9.17) is 5.26 Å². The third kappa shape index (κ3) is 2.90. The van der Waals surface area contributed by atoms with Crippen molar-refractivity contribution in [3.63, 3.8) is 0 Å². The van der Waals surface area contributed by atoms with E-state index >= 15 is 0 Å². The molecule has 3 rings (SSSR count). The molecule has 114 valence electrons. The van der Waals surface area contributed by atoms with E-state index in [1.54, 1.807) is 29.0 Å². The molecule has 0 fully saturated rings. The Morgan fingerprint density at radius 1 is 1.22 bits per heavy atom. The van der Waals surface area contributed by atoms with Crippen molar-refractivity contribution in [3.8, 4) is 6.07 Å². The van der Waals surface area contributed by atoms with Crippen molar-refractivity contribution in [1.29, 1.82) is 5.26 Å². The second kappa shape index (κ2) is 5.89. The zero-order chi connectivity index (χ0) is 16.4. The fraction of sp³-hybridized carbons (Fsp3) is 0.0588. The number of nitrogens with one attached hydrogen (secondary N) is 1. The van der Waals surface area contributed by atoms with Crippen LogP contribution >= 0.6 is 0 Å². The number of amides is 1. The third-order valence-electron chi connectivity index (χ3n) is 3.43. The molecule has 0 bridgehead atoms. The van der Waals surface area contributed by atoms with Gasteiger partial charge in [0, 0.05) is 23.2 Å². The number of anilines is 1. The highest BCUT2D eigenvalue weighted by Gasteiger charge is 2.12. The van der Waals surface area contributed by atoms with Gasteiger partial charge in [-0.1, -0.05) is 18.2 Å². The Bertz CT molecular complexity index is 941. The van der Waals surface area contributed by atoms with Gasteiger partial charge in [-0.3, -0.25) is 4.79 Å². The van der Waals surface area contributed by atoms with Gasteiger partial charge in [-0.2, -0.15) is 5.26 Å². The van der Waals surface area contributed by atoms with E-state index in [0.29, 0.717) is 11.6 Å². The molecule has 4 nitrogen and oxygen atoms in total. The summed E-state index contributed by atoms with van der Waals surface area (Å²) in [5, 5.41) is 12.3. The van der Waals surface area contributed by atoms with Crippen LogP contribution in [0.15, 0.2) is 48.7 Å². The minimum atomic E-state index is -0.839. The second-order valence-electron chi connectivity index (χ2n) is 4.97. The lowest BCUT2D eigenvalue weighted by molar-refractivity contribution is -0.116. The maximum absolute atomic E-state index is 13.6. The summed E-state index contributed by atoms with van der Waals surface area (Å²) in [4.78, 5) is 12.1. The average molecular weight is 311 g/mol. The smallest absolute Gasteiger partial charge is 0.244 e. The molecule has 0 radical (unpaired) electrons. The van der Waals surface area contributed by atoms with Gasteiger partial charge in [-0.05, 0) is 18.2 Å². The molecule has 6 heteroatoms. The van der Waals surface area contributed by atoms with Crippen LogP contribution in [-0.2, 0) is 11.3 Å². The molecule has 0 aliphatic carbocycles. The van der Waals surface area contributed by atoms with Gasteiger partial charge < -0.3 is 9.88 Å². The summed E-state index contributed by atoms with van der Waals surface area (Å²) in [6, 6.07) is 12.2. The van der Waals surface area contributed by atoms with Gasteiger partial charge in [0.1, 0.15) is 24.2 Å². The third-order valence-corrected chi connectivity index (χ3v) is 3.43. The number of nitrogens with zero attached hydrogens (tertiary/aromatic N) is 2. The van der Waals surface area contributed by atoms with E-state index in [1.807, 2.05) is 6.07 Å². The monoisotopic (exact) mass is 311 g/mol. The lowest BCUT2D eigenvalue weighted by atomic mass is 10.2. The van der Waals surface area contributed by atoms with Gasteiger partial charge in [0.25, 0.3) is 0 Å². The number of carbonyl (C=O) groups excluding carboxylic acids is 1. The molecule has 3 aromatic rings. The molecule has 0 aliphatic rings. The Labute approximate surface area is 130 Å². The molecule has 1 N–H and O–H groups in total. The molecule has 1 aromatic heterocycles. The minimum Gasteiger partial charge on any atom is -0.337 e. The zero-order valence-electron chi connectivity index (χ0n) is 11.9. The molecule has 0 atom stereocenters. The number of hydrogen-bond acceptors (Lipinski definition) is 2. The van der Waals surface area contributed by atoms with Crippen LogP contribution in [0.5, 0.6) is 0 Å². The van der Waals surface area contributed by atoms with Gasteiger partial charge in [0.2, 0.25) is 5.91 Å². The van der Waals surface area contributed by atoms with Crippen molar-refractivity contribution in [2.45, 2.75) is 6.54 Å². The predicted molar refractivity (Wildman–Crippen MR) is 81.6 cm³/mol. The van der Waals surface area contributed by atoms with E-state index < -0.39 is 17.5 Å². The highest BCUT2D eigenvalue weighted by molar-refractivity contribution is 5.93. The van der Waals surface area contributed by atoms with Crippen molar-refractivity contribution in [2.75, 3.05) is 5.32 Å². The minimum absolute atomic E-state index is 0.0843. The Morgan fingerprint density at radius 2 is 2.00 bits per heavy atom. The number of aromatic nitrogens is 1. The first-order chi connectivity index (χ1) is 11.1. The van der Waals surface area contributed by atoms with Crippen molar-refractivity contribution in [3.05, 3.63) is 65.9 Å². The number of halogens is 2. The van der Waals surface area contributed by atoms with E-state index in [1.165, 1.54) is 0 Å². The van der Waals surface area contributed by atoms with Crippen LogP contribution in [-0.4, -0.2) is 10.5 Å². The largest absolute Gasteiger partial charge is 0.337 e. The molecule has 23 heavy (non-hydrogen) atoms. The quantitative estimate of drug-likeness (QED) is 0.805. The van der Waals surface area contributed by atoms with E-state index in [0.717, 1.165) is 23.0 Å². The number of carbonyl (C=O) groups is 1. The van der Waals surface area contributed by atoms with Gasteiger partial charge in [0.05, 0.1) is 11.3 Å². The Balaban J connectivity index is 1.85. The Morgan fingerprint density at radius 3 is 2.74 bits per heavy atom. The average Bonchev–Trinajstić information content (AvgIpc) is 2.88. The number of hydrogen-bond donors (Lipinski definition) is 1. The SMILES string of the molecule is N#Cc1cn(CC(=O)Nc2ccc(F)cc2F)c2ccccc12. The molecule has 0 saturated carbocycles. The highest BCUT2D eigenvalue weighted by Crippen LogP contribution is 2.21. The molecule has 0 aliphatic heterocycles. The van der Waals surface area contributed by atoms with E-state index in [-0.39, 0.29) is 12.2 Å². The lowest BCUT2D eigenvalue weighted by Gasteiger charge is -2.08. The van der Waals surface area contributed by atoms with Crippen LogP contribution in [0.1, 0.15) is 5.56 Å². The van der Waals surface area contributed by atoms with Crippen molar-refractivity contribution < 1.29 is 13.6 Å². The number of fused-ring (bicyclic) bond motifs is 1. The molecule has 1 amide bonds. The van der Waals surface area contributed by atoms with Crippen molar-refractivity contribution in [2.24, 2.45) is 0 Å². The standard InChI is InChI=1S/C17H11F2N3O/c18-12-5-6-15(14(19)7-12)21-17(23)10-22-9-11(8-20)13-3-1-2-4-16(13)22/h1-7,9H,10H2,(H,21,23). The lowest BCUT2D eigenvalue weighted by Crippen LogP contribution is -2.19. The number of nitriles is 1. The molecule has 0 unspecified atom stereocenters. The molecular formula is C17H11F2N3O. The topological polar surface area (TPSA) is 57.8 Å². The van der Waals surface area contributed by atoms with Gasteiger partial charge in [0.15, 0.2) is 0 Å². The van der Waals surface area contributed by atoms with Gasteiger partial charge in [-0.15, -0.1) is 0 Å². The highest BCUT2D eigenvalue weighted by atomic mass is 19.1. The maximum atomic E-state index is 13.6. The zero-order valence-corrected chi connectivity index (χ0v) is 11.9. The first-order valence-corrected chi connectivity index (χ1v) is 6.81. The maximum Gasteiger partial charge on any atom is 0.244 e. The van der Waals surface area contributed by atoms with Gasteiger partial charge in [-0.25, -0.2) is 8.78 Å². The Hall–Kier alpha value is -3.20. The van der Waals surface area contributed by atoms with Crippen LogP contribution in [0.4, 0.5) is 14.5 Å². The first kappa shape index (κ1) is 14.7. The summed E-state index contributed by atoms with van der Waals surface area (Å²) >= 11 is 0. The predicted octanol–water partition coefficient (Wildman–Crippen LogP) is 3.43. The number of para-hydroxylation sites is 1. The normalized spacial score (nSPS) is 10.5. The summed E-state index contributed by atoms with van der Waals surface area (Å²) in [5.41, 5.74) is 1.11. The number of benzene rings is 2. The fourth-order valence-corrected chi connectivity index (χ4v) is 2.40. The van der Waals surface area contributed by atoms with Gasteiger partial charge >= 0.3 is 0 Å². The summed E-state index contributed by atoms with van der Waals surface area (Å²) in [7, 11) is 0. The van der Waals surface area contributed by atoms with Crippen LogP contribution in [0.25, 0.3) is 10.9 Å². The molecule has 2 aromatic carbocycles. The molecular weight excluding hydrogens is 300 g/mol. The van der Waals surface area contributed by atoms with E-state index in [2.05, 4.69) is 11.4 Å². The van der Waals surface area contributed by atoms with Crippen LogP contribution in [0, 0.1) is 23.0 Å².